The zero-order valence-corrected chi connectivity index (χ0v) is 33.0. The van der Waals surface area contributed by atoms with Crippen molar-refractivity contribution in [3.63, 3.8) is 0 Å². The molecule has 0 saturated carbocycles. The molecule has 278 valence electrons. The van der Waals surface area contributed by atoms with Crippen LogP contribution in [0.4, 0.5) is 17.1 Å². The van der Waals surface area contributed by atoms with Gasteiger partial charge in [0.1, 0.15) is 0 Å². The van der Waals surface area contributed by atoms with Gasteiger partial charge >= 0.3 is 0 Å². The van der Waals surface area contributed by atoms with E-state index >= 15 is 0 Å². The summed E-state index contributed by atoms with van der Waals surface area (Å²) in [5.74, 6) is 0. The van der Waals surface area contributed by atoms with Gasteiger partial charge in [-0.05, 0) is 121 Å². The lowest BCUT2D eigenvalue weighted by molar-refractivity contribution is 0.661. The number of anilines is 3. The van der Waals surface area contributed by atoms with Crippen LogP contribution in [0, 0.1) is 0 Å². The predicted molar refractivity (Wildman–Crippen MR) is 251 cm³/mol. The number of hydrogen-bond acceptors (Lipinski definition) is 1. The average Bonchev–Trinajstić information content (AvgIpc) is 3.74. The van der Waals surface area contributed by atoms with E-state index in [9.17, 15) is 0 Å². The Bertz CT molecular complexity index is 3470. The first-order valence-electron chi connectivity index (χ1n) is 20.6. The summed E-state index contributed by atoms with van der Waals surface area (Å²) in [5, 5.41) is 9.92. The Kier molecular flexibility index (Phi) is 7.31. The third-order valence-corrected chi connectivity index (χ3v) is 12.9. The van der Waals surface area contributed by atoms with E-state index in [0.717, 1.165) is 22.7 Å². The monoisotopic (exact) mass is 752 g/mol. The van der Waals surface area contributed by atoms with Gasteiger partial charge in [0.2, 0.25) is 0 Å². The van der Waals surface area contributed by atoms with E-state index < -0.39 is 0 Å². The van der Waals surface area contributed by atoms with E-state index in [1.807, 2.05) is 0 Å². The summed E-state index contributed by atoms with van der Waals surface area (Å²) in [6.45, 7) is 4.79. The summed E-state index contributed by atoms with van der Waals surface area (Å²) >= 11 is 0. The molecule has 0 radical (unpaired) electrons. The van der Waals surface area contributed by atoms with Crippen LogP contribution in [-0.2, 0) is 5.41 Å². The fraction of sp³-hybridized carbons (Fsp3) is 0.0526. The fourth-order valence-electron chi connectivity index (χ4n) is 10.2. The molecule has 0 atom stereocenters. The van der Waals surface area contributed by atoms with Crippen molar-refractivity contribution in [2.75, 3.05) is 4.90 Å². The third kappa shape index (κ3) is 5.00. The molecule has 2 nitrogen and oxygen atoms in total. The van der Waals surface area contributed by atoms with E-state index in [2.05, 4.69) is 230 Å². The molecule has 1 aliphatic carbocycles. The van der Waals surface area contributed by atoms with E-state index in [1.165, 1.54) is 87.5 Å². The van der Waals surface area contributed by atoms with Crippen LogP contribution in [0.15, 0.2) is 206 Å². The summed E-state index contributed by atoms with van der Waals surface area (Å²) in [6, 6.07) is 76.4. The molecule has 2 heteroatoms. The van der Waals surface area contributed by atoms with Crippen molar-refractivity contribution in [3.8, 4) is 27.9 Å². The van der Waals surface area contributed by atoms with Crippen molar-refractivity contribution >= 4 is 71.2 Å². The van der Waals surface area contributed by atoms with E-state index in [1.54, 1.807) is 0 Å². The molecule has 12 rings (SSSR count). The van der Waals surface area contributed by atoms with Gasteiger partial charge in [-0.25, -0.2) is 0 Å². The molecule has 0 saturated heterocycles. The molecule has 0 unspecified atom stereocenters. The number of nitrogens with zero attached hydrogens (tertiary/aromatic N) is 2. The number of aromatic nitrogens is 1. The summed E-state index contributed by atoms with van der Waals surface area (Å²) < 4.78 is 2.42. The SMILES string of the molecule is CC1(C)c2cc(N(c3ccc4ccccc4c3-c3cccc4ccccc34)c3cccc4c3c3ccccc3n4-c3ccccc3)ccc2-c2cc3ccccc3cc21. The normalized spacial score (nSPS) is 13.1. The molecule has 0 aliphatic heterocycles. The maximum Gasteiger partial charge on any atom is 0.0562 e. The first-order valence-corrected chi connectivity index (χ1v) is 20.6. The summed E-state index contributed by atoms with van der Waals surface area (Å²) in [4.78, 5) is 2.56. The number of rotatable bonds is 5. The summed E-state index contributed by atoms with van der Waals surface area (Å²) in [7, 11) is 0. The number of benzene rings is 10. The molecule has 0 fully saturated rings. The van der Waals surface area contributed by atoms with Gasteiger partial charge in [0.15, 0.2) is 0 Å². The molecule has 10 aromatic carbocycles. The highest BCUT2D eigenvalue weighted by molar-refractivity contribution is 6.18. The highest BCUT2D eigenvalue weighted by Gasteiger charge is 2.37. The quantitative estimate of drug-likeness (QED) is 0.170. The van der Waals surface area contributed by atoms with Crippen molar-refractivity contribution in [1.29, 1.82) is 0 Å². The molecule has 1 heterocycles. The first-order chi connectivity index (χ1) is 29.0. The Morgan fingerprint density at radius 3 is 1.81 bits per heavy atom. The lowest BCUT2D eigenvalue weighted by atomic mass is 9.81. The Labute approximate surface area is 343 Å². The molecule has 1 aliphatic rings. The van der Waals surface area contributed by atoms with E-state index in [-0.39, 0.29) is 5.41 Å². The average molecular weight is 753 g/mol. The standard InChI is InChI=1S/C57H40N2/c1-57(2)49-35-40-19-7-6-18-39(40)34-48(49)45-32-31-42(36-50(45)57)59(53-29-15-28-52-56(53)47-25-12-13-27-51(47)58(52)41-21-4-3-5-22-41)54-33-30-38-17-9-11-24-44(38)55(54)46-26-14-20-37-16-8-10-23-43(37)46/h3-36H,1-2H3. The lowest BCUT2D eigenvalue weighted by Gasteiger charge is -2.31. The molecule has 0 amide bonds. The third-order valence-electron chi connectivity index (χ3n) is 12.9. The molecule has 0 bridgehead atoms. The van der Waals surface area contributed by atoms with Crippen LogP contribution >= 0.6 is 0 Å². The minimum absolute atomic E-state index is 0.201. The molecule has 11 aromatic rings. The minimum Gasteiger partial charge on any atom is -0.309 e. The Morgan fingerprint density at radius 1 is 0.390 bits per heavy atom. The summed E-state index contributed by atoms with van der Waals surface area (Å²) in [6.07, 6.45) is 0. The molecule has 1 aromatic heterocycles. The van der Waals surface area contributed by atoms with Crippen molar-refractivity contribution in [3.05, 3.63) is 217 Å². The largest absolute Gasteiger partial charge is 0.309 e. The van der Waals surface area contributed by atoms with Gasteiger partial charge in [0.05, 0.1) is 22.4 Å². The zero-order valence-electron chi connectivity index (χ0n) is 33.0. The van der Waals surface area contributed by atoms with Crippen LogP contribution in [0.3, 0.4) is 0 Å². The second-order valence-corrected chi connectivity index (χ2v) is 16.5. The molecule has 59 heavy (non-hydrogen) atoms. The Hall–Kier alpha value is -7.42. The topological polar surface area (TPSA) is 8.17 Å². The van der Waals surface area contributed by atoms with Gasteiger partial charge < -0.3 is 9.47 Å². The summed E-state index contributed by atoms with van der Waals surface area (Å²) in [5.41, 5.74) is 14.5. The van der Waals surface area contributed by atoms with Crippen LogP contribution in [-0.4, -0.2) is 4.57 Å². The second-order valence-electron chi connectivity index (χ2n) is 16.5. The van der Waals surface area contributed by atoms with Crippen LogP contribution in [0.5, 0.6) is 0 Å². The van der Waals surface area contributed by atoms with E-state index in [0.29, 0.717) is 0 Å². The number of fused-ring (bicyclic) bond motifs is 9. The fourth-order valence-corrected chi connectivity index (χ4v) is 10.2. The molecule has 0 spiro atoms. The van der Waals surface area contributed by atoms with Gasteiger partial charge in [0.25, 0.3) is 0 Å². The Morgan fingerprint density at radius 2 is 1.00 bits per heavy atom. The van der Waals surface area contributed by atoms with Gasteiger partial charge in [-0.3, -0.25) is 0 Å². The van der Waals surface area contributed by atoms with Gasteiger partial charge in [-0.2, -0.15) is 0 Å². The first kappa shape index (κ1) is 33.7. The molecule has 0 N–H and O–H groups in total. The van der Waals surface area contributed by atoms with Gasteiger partial charge in [-0.1, -0.05) is 159 Å². The van der Waals surface area contributed by atoms with E-state index in [4.69, 9.17) is 0 Å². The zero-order chi connectivity index (χ0) is 39.2. The lowest BCUT2D eigenvalue weighted by Crippen LogP contribution is -2.17. The van der Waals surface area contributed by atoms with Crippen LogP contribution in [0.1, 0.15) is 25.0 Å². The number of hydrogen-bond donors (Lipinski definition) is 0. The molecular formula is C57H40N2. The van der Waals surface area contributed by atoms with Gasteiger partial charge in [0, 0.05) is 33.1 Å². The highest BCUT2D eigenvalue weighted by Crippen LogP contribution is 2.54. The maximum atomic E-state index is 2.56. The van der Waals surface area contributed by atoms with Crippen LogP contribution < -0.4 is 4.90 Å². The smallest absolute Gasteiger partial charge is 0.0562 e. The van der Waals surface area contributed by atoms with Crippen molar-refractivity contribution in [2.45, 2.75) is 19.3 Å². The van der Waals surface area contributed by atoms with Crippen molar-refractivity contribution in [2.24, 2.45) is 0 Å². The van der Waals surface area contributed by atoms with Gasteiger partial charge in [-0.15, -0.1) is 0 Å². The highest BCUT2D eigenvalue weighted by atomic mass is 15.2. The van der Waals surface area contributed by atoms with Crippen LogP contribution in [0.25, 0.3) is 82.1 Å². The maximum absolute atomic E-state index is 2.56. The number of para-hydroxylation sites is 2. The second kappa shape index (κ2) is 12.8. The van der Waals surface area contributed by atoms with Crippen molar-refractivity contribution < 1.29 is 0 Å². The minimum atomic E-state index is -0.201. The molecular weight excluding hydrogens is 713 g/mol. The predicted octanol–water partition coefficient (Wildman–Crippen LogP) is 15.7. The van der Waals surface area contributed by atoms with Crippen molar-refractivity contribution in [1.82, 2.24) is 4.57 Å². The Balaban J connectivity index is 1.20. The van der Waals surface area contributed by atoms with Crippen LogP contribution in [0.2, 0.25) is 0 Å².